The standard InChI is InChI=1S/C22H27N5O2S/c1-3-27-14-16(15(2)25-27)8-9-21(29)26-10-4-6-17(13-26)22-23-18(12-20(28)24-22)19-7-5-11-30-19/h5,7,11-12,14,17H,3-4,6,8-10,13H2,1-2H3,(H,23,24,28)/t17-/m1/s1. The number of carbonyl (C=O) groups excluding carboxylic acids is 1. The van der Waals surface area contributed by atoms with Gasteiger partial charge in [-0.05, 0) is 50.1 Å². The molecule has 3 aromatic heterocycles. The smallest absolute Gasteiger partial charge is 0.251 e. The number of thiophene rings is 1. The number of likely N-dealkylation sites (tertiary alicyclic amines) is 1. The molecule has 1 saturated heterocycles. The van der Waals surface area contributed by atoms with Crippen molar-refractivity contribution < 1.29 is 4.79 Å². The summed E-state index contributed by atoms with van der Waals surface area (Å²) in [6.45, 7) is 6.24. The van der Waals surface area contributed by atoms with Crippen LogP contribution in [0.15, 0.2) is 34.6 Å². The number of hydrogen-bond donors (Lipinski definition) is 1. The lowest BCUT2D eigenvalue weighted by Crippen LogP contribution is -2.40. The van der Waals surface area contributed by atoms with Crippen LogP contribution in [0.1, 0.15) is 49.2 Å². The van der Waals surface area contributed by atoms with E-state index in [1.54, 1.807) is 17.4 Å². The Morgan fingerprint density at radius 2 is 2.27 bits per heavy atom. The number of amides is 1. The third-order valence-electron chi connectivity index (χ3n) is 5.67. The number of nitrogens with one attached hydrogen (secondary N) is 1. The van der Waals surface area contributed by atoms with E-state index in [-0.39, 0.29) is 17.4 Å². The molecule has 7 nitrogen and oxygen atoms in total. The molecule has 1 N–H and O–H groups in total. The lowest BCUT2D eigenvalue weighted by atomic mass is 9.96. The van der Waals surface area contributed by atoms with Gasteiger partial charge in [0, 0.05) is 44.2 Å². The summed E-state index contributed by atoms with van der Waals surface area (Å²) >= 11 is 1.57. The Morgan fingerprint density at radius 3 is 3.00 bits per heavy atom. The van der Waals surface area contributed by atoms with Crippen LogP contribution in [-0.4, -0.2) is 43.6 Å². The molecule has 0 aliphatic carbocycles. The van der Waals surface area contributed by atoms with E-state index in [0.717, 1.165) is 42.1 Å². The number of aryl methyl sites for hydroxylation is 3. The topological polar surface area (TPSA) is 83.9 Å². The van der Waals surface area contributed by atoms with E-state index >= 15 is 0 Å². The highest BCUT2D eigenvalue weighted by Crippen LogP contribution is 2.27. The molecule has 0 aromatic carbocycles. The van der Waals surface area contributed by atoms with Crippen molar-refractivity contribution in [3.05, 3.63) is 57.2 Å². The first-order valence-corrected chi connectivity index (χ1v) is 11.4. The van der Waals surface area contributed by atoms with E-state index in [1.165, 1.54) is 0 Å². The molecule has 1 amide bonds. The van der Waals surface area contributed by atoms with Crippen LogP contribution in [0.3, 0.4) is 0 Å². The van der Waals surface area contributed by atoms with Gasteiger partial charge in [0.25, 0.3) is 5.56 Å². The molecule has 4 heterocycles. The molecule has 1 fully saturated rings. The minimum absolute atomic E-state index is 0.0555. The molecule has 0 saturated carbocycles. The number of nitrogens with zero attached hydrogens (tertiary/aromatic N) is 4. The summed E-state index contributed by atoms with van der Waals surface area (Å²) in [5.41, 5.74) is 2.69. The van der Waals surface area contributed by atoms with Crippen molar-refractivity contribution >= 4 is 17.2 Å². The Balaban J connectivity index is 1.43. The Hall–Kier alpha value is -2.74. The van der Waals surface area contributed by atoms with Gasteiger partial charge in [-0.1, -0.05) is 6.07 Å². The molecule has 0 unspecified atom stereocenters. The molecule has 1 aliphatic heterocycles. The molecule has 4 rings (SSSR count). The number of hydrogen-bond acceptors (Lipinski definition) is 5. The SMILES string of the molecule is CCn1cc(CCC(=O)N2CCC[C@@H](c3nc(-c4cccs4)cc(=O)[nH]3)C2)c(C)n1. The molecule has 0 spiro atoms. The first-order chi connectivity index (χ1) is 14.5. The zero-order chi connectivity index (χ0) is 21.1. The molecule has 30 heavy (non-hydrogen) atoms. The fourth-order valence-electron chi connectivity index (χ4n) is 4.01. The van der Waals surface area contributed by atoms with Crippen molar-refractivity contribution in [1.29, 1.82) is 0 Å². The van der Waals surface area contributed by atoms with Gasteiger partial charge in [0.2, 0.25) is 5.91 Å². The van der Waals surface area contributed by atoms with Gasteiger partial charge in [-0.15, -0.1) is 11.3 Å². The average molecular weight is 426 g/mol. The largest absolute Gasteiger partial charge is 0.342 e. The molecule has 1 atom stereocenters. The number of aromatic amines is 1. The van der Waals surface area contributed by atoms with Crippen LogP contribution in [0.5, 0.6) is 0 Å². The van der Waals surface area contributed by atoms with E-state index in [1.807, 2.05) is 40.2 Å². The Bertz CT molecular complexity index is 1070. The number of aromatic nitrogens is 4. The highest BCUT2D eigenvalue weighted by Gasteiger charge is 2.26. The summed E-state index contributed by atoms with van der Waals surface area (Å²) in [5, 5.41) is 6.44. The van der Waals surface area contributed by atoms with Crippen LogP contribution in [0.4, 0.5) is 0 Å². The molecule has 0 bridgehead atoms. The van der Waals surface area contributed by atoms with Crippen molar-refractivity contribution in [2.75, 3.05) is 13.1 Å². The summed E-state index contributed by atoms with van der Waals surface area (Å²) < 4.78 is 1.91. The predicted octanol–water partition coefficient (Wildman–Crippen LogP) is 3.36. The molecule has 8 heteroatoms. The zero-order valence-electron chi connectivity index (χ0n) is 17.4. The monoisotopic (exact) mass is 425 g/mol. The van der Waals surface area contributed by atoms with Crippen molar-refractivity contribution in [1.82, 2.24) is 24.6 Å². The van der Waals surface area contributed by atoms with Gasteiger partial charge in [0.15, 0.2) is 0 Å². The second-order valence-corrected chi connectivity index (χ2v) is 8.72. The van der Waals surface area contributed by atoms with Crippen LogP contribution in [0.25, 0.3) is 10.6 Å². The van der Waals surface area contributed by atoms with Crippen LogP contribution >= 0.6 is 11.3 Å². The lowest BCUT2D eigenvalue weighted by molar-refractivity contribution is -0.132. The molecule has 1 aliphatic rings. The number of rotatable bonds is 6. The minimum Gasteiger partial charge on any atom is -0.342 e. The molecular weight excluding hydrogens is 398 g/mol. The van der Waals surface area contributed by atoms with Crippen molar-refractivity contribution in [2.45, 2.75) is 52.0 Å². The maximum Gasteiger partial charge on any atom is 0.251 e. The molecule has 0 radical (unpaired) electrons. The van der Waals surface area contributed by atoms with Crippen molar-refractivity contribution in [3.8, 4) is 10.6 Å². The maximum absolute atomic E-state index is 12.9. The summed E-state index contributed by atoms with van der Waals surface area (Å²) in [6, 6.07) is 5.46. The summed E-state index contributed by atoms with van der Waals surface area (Å²) in [6.07, 6.45) is 5.04. The first kappa shape index (κ1) is 20.5. The minimum atomic E-state index is -0.143. The van der Waals surface area contributed by atoms with Crippen molar-refractivity contribution in [3.63, 3.8) is 0 Å². The highest BCUT2D eigenvalue weighted by atomic mass is 32.1. The van der Waals surface area contributed by atoms with Crippen LogP contribution in [0, 0.1) is 6.92 Å². The fraction of sp³-hybridized carbons (Fsp3) is 0.455. The molecule has 3 aromatic rings. The number of piperidine rings is 1. The van der Waals surface area contributed by atoms with Crippen LogP contribution < -0.4 is 5.56 Å². The Labute approximate surface area is 179 Å². The van der Waals surface area contributed by atoms with Crippen molar-refractivity contribution in [2.24, 2.45) is 0 Å². The second-order valence-electron chi connectivity index (χ2n) is 7.77. The van der Waals surface area contributed by atoms with E-state index in [0.29, 0.717) is 30.9 Å². The number of carbonyl (C=O) groups is 1. The fourth-order valence-corrected chi connectivity index (χ4v) is 4.70. The highest BCUT2D eigenvalue weighted by molar-refractivity contribution is 7.13. The van der Waals surface area contributed by atoms with E-state index < -0.39 is 0 Å². The molecule has 158 valence electrons. The third-order valence-corrected chi connectivity index (χ3v) is 6.57. The lowest BCUT2D eigenvalue weighted by Gasteiger charge is -2.32. The van der Waals surface area contributed by atoms with Gasteiger partial charge < -0.3 is 9.88 Å². The summed E-state index contributed by atoms with van der Waals surface area (Å²) in [4.78, 5) is 35.6. The quantitative estimate of drug-likeness (QED) is 0.656. The first-order valence-electron chi connectivity index (χ1n) is 10.5. The van der Waals surface area contributed by atoms with Gasteiger partial charge in [-0.25, -0.2) is 4.98 Å². The van der Waals surface area contributed by atoms with Crippen LogP contribution in [0.2, 0.25) is 0 Å². The van der Waals surface area contributed by atoms with E-state index in [4.69, 9.17) is 4.98 Å². The van der Waals surface area contributed by atoms with E-state index in [9.17, 15) is 9.59 Å². The van der Waals surface area contributed by atoms with Gasteiger partial charge in [0.1, 0.15) is 5.82 Å². The number of H-pyrrole nitrogens is 1. The second kappa shape index (κ2) is 8.95. The van der Waals surface area contributed by atoms with E-state index in [2.05, 4.69) is 17.0 Å². The maximum atomic E-state index is 12.9. The average Bonchev–Trinajstić information content (AvgIpc) is 3.41. The van der Waals surface area contributed by atoms with Gasteiger partial charge in [-0.2, -0.15) is 5.10 Å². The molecular formula is C22H27N5O2S. The normalized spacial score (nSPS) is 16.7. The Kier molecular flexibility index (Phi) is 6.13. The third kappa shape index (κ3) is 4.53. The summed E-state index contributed by atoms with van der Waals surface area (Å²) in [7, 11) is 0. The van der Waals surface area contributed by atoms with Gasteiger partial charge in [-0.3, -0.25) is 14.3 Å². The summed E-state index contributed by atoms with van der Waals surface area (Å²) in [5.74, 6) is 0.892. The van der Waals surface area contributed by atoms with Crippen LogP contribution in [-0.2, 0) is 17.8 Å². The zero-order valence-corrected chi connectivity index (χ0v) is 18.2. The van der Waals surface area contributed by atoms with Gasteiger partial charge >= 0.3 is 0 Å². The van der Waals surface area contributed by atoms with Gasteiger partial charge in [0.05, 0.1) is 16.3 Å². The predicted molar refractivity (Wildman–Crippen MR) is 118 cm³/mol. The Morgan fingerprint density at radius 1 is 1.40 bits per heavy atom.